The van der Waals surface area contributed by atoms with E-state index < -0.39 is 27.8 Å². The Kier molecular flexibility index (Phi) is 6.91. The van der Waals surface area contributed by atoms with Crippen LogP contribution < -0.4 is 15.8 Å². The Balaban J connectivity index is 1.74. The maximum atomic E-state index is 13.0. The monoisotopic (exact) mass is 446 g/mol. The van der Waals surface area contributed by atoms with Crippen molar-refractivity contribution in [2.75, 3.05) is 18.4 Å². The third-order valence-corrected chi connectivity index (χ3v) is 6.73. The van der Waals surface area contributed by atoms with E-state index in [4.69, 9.17) is 10.5 Å². The Morgan fingerprint density at radius 1 is 1.26 bits per heavy atom. The third kappa shape index (κ3) is 5.59. The molecule has 0 unspecified atom stereocenters. The number of nitrogens with zero attached hydrogens (tertiary/aromatic N) is 2. The van der Waals surface area contributed by atoms with Crippen LogP contribution >= 0.6 is 0 Å². The number of carbonyl (C=O) groups is 2. The van der Waals surface area contributed by atoms with Crippen LogP contribution in [-0.4, -0.2) is 48.7 Å². The van der Waals surface area contributed by atoms with Crippen LogP contribution in [0.3, 0.4) is 0 Å². The summed E-state index contributed by atoms with van der Waals surface area (Å²) in [5, 5.41) is 2.64. The number of rotatable bonds is 7. The number of nitrogens with one attached hydrogen (secondary N) is 1. The summed E-state index contributed by atoms with van der Waals surface area (Å²) in [5.41, 5.74) is 5.53. The molecule has 3 rings (SSSR count). The van der Waals surface area contributed by atoms with Gasteiger partial charge in [-0.3, -0.25) is 9.59 Å². The van der Waals surface area contributed by atoms with Crippen LogP contribution in [0.2, 0.25) is 0 Å². The minimum atomic E-state index is -3.86. The van der Waals surface area contributed by atoms with Gasteiger partial charge in [0.2, 0.25) is 15.9 Å². The number of primary amides is 1. The number of piperidine rings is 1. The van der Waals surface area contributed by atoms with Crippen molar-refractivity contribution in [1.29, 1.82) is 0 Å². The van der Waals surface area contributed by atoms with Crippen molar-refractivity contribution in [3.05, 3.63) is 48.2 Å². The zero-order valence-corrected chi connectivity index (χ0v) is 18.3. The molecule has 1 saturated heterocycles. The van der Waals surface area contributed by atoms with Crippen molar-refractivity contribution in [3.63, 3.8) is 0 Å². The number of aromatic nitrogens is 1. The van der Waals surface area contributed by atoms with Crippen LogP contribution in [0.4, 0.5) is 5.82 Å². The normalized spacial score (nSPS) is 17.3. The summed E-state index contributed by atoms with van der Waals surface area (Å²) in [6.45, 7) is 4.14. The lowest BCUT2D eigenvalue weighted by Crippen LogP contribution is -2.44. The molecule has 1 fully saturated rings. The summed E-state index contributed by atoms with van der Waals surface area (Å²) >= 11 is 0. The smallest absolute Gasteiger partial charge is 0.256 e. The largest absolute Gasteiger partial charge is 0.489 e. The number of benzene rings is 1. The van der Waals surface area contributed by atoms with Crippen molar-refractivity contribution in [2.45, 2.75) is 37.7 Å². The second kappa shape index (κ2) is 9.44. The highest BCUT2D eigenvalue weighted by atomic mass is 32.2. The number of ether oxygens (including phenoxy) is 1. The van der Waals surface area contributed by atoms with Crippen LogP contribution in [0.1, 0.15) is 37.0 Å². The van der Waals surface area contributed by atoms with Crippen LogP contribution in [0.15, 0.2) is 47.5 Å². The molecule has 2 aromatic rings. The highest BCUT2D eigenvalue weighted by Gasteiger charge is 2.32. The summed E-state index contributed by atoms with van der Waals surface area (Å²) in [7, 11) is -3.86. The van der Waals surface area contributed by atoms with Crippen LogP contribution in [0.5, 0.6) is 5.75 Å². The number of hydrogen-bond acceptors (Lipinski definition) is 6. The molecule has 1 aliphatic rings. The van der Waals surface area contributed by atoms with Gasteiger partial charge in [-0.05, 0) is 57.0 Å². The zero-order chi connectivity index (χ0) is 22.6. The predicted molar refractivity (Wildman–Crippen MR) is 115 cm³/mol. The Morgan fingerprint density at radius 3 is 2.68 bits per heavy atom. The molecule has 31 heavy (non-hydrogen) atoms. The summed E-state index contributed by atoms with van der Waals surface area (Å²) in [6.07, 6.45) is 2.62. The summed E-state index contributed by atoms with van der Waals surface area (Å²) in [6, 6.07) is 9.06. The zero-order valence-electron chi connectivity index (χ0n) is 17.4. The predicted octanol–water partition coefficient (Wildman–Crippen LogP) is 2.01. The first-order valence-corrected chi connectivity index (χ1v) is 11.4. The van der Waals surface area contributed by atoms with Crippen molar-refractivity contribution < 1.29 is 22.7 Å². The van der Waals surface area contributed by atoms with Gasteiger partial charge >= 0.3 is 0 Å². The Hall–Kier alpha value is -2.98. The third-order valence-electron chi connectivity index (χ3n) is 4.87. The fourth-order valence-electron chi connectivity index (χ4n) is 3.32. The standard InChI is InChI=1S/C21H26N4O5S/c1-14(2)30-17-8-9-19(23-12-17)24-21(27)15-5-3-7-18(11-15)31(28,29)25-10-4-6-16(13-25)20(22)26/h3,5,7-9,11-12,14,16H,4,6,10,13H2,1-2H3,(H2,22,26)(H,23,24,27)/t16-/m1/s1. The topological polar surface area (TPSA) is 132 Å². The maximum Gasteiger partial charge on any atom is 0.256 e. The molecule has 1 aromatic heterocycles. The van der Waals surface area contributed by atoms with E-state index in [-0.39, 0.29) is 23.1 Å². The number of nitrogens with two attached hydrogens (primary N) is 1. The number of amides is 2. The van der Waals surface area contributed by atoms with Crippen molar-refractivity contribution in [1.82, 2.24) is 9.29 Å². The van der Waals surface area contributed by atoms with Crippen molar-refractivity contribution in [2.24, 2.45) is 11.7 Å². The van der Waals surface area contributed by atoms with E-state index >= 15 is 0 Å². The second-order valence-corrected chi connectivity index (χ2v) is 9.57. The summed E-state index contributed by atoms with van der Waals surface area (Å²) in [4.78, 5) is 28.2. The Bertz CT molecular complexity index is 1050. The first-order valence-electron chi connectivity index (χ1n) is 10.0. The average molecular weight is 447 g/mol. The molecule has 1 aliphatic heterocycles. The first-order chi connectivity index (χ1) is 14.7. The van der Waals surface area contributed by atoms with Gasteiger partial charge in [-0.15, -0.1) is 0 Å². The van der Waals surface area contributed by atoms with E-state index in [9.17, 15) is 18.0 Å². The molecule has 0 bridgehead atoms. The molecular weight excluding hydrogens is 420 g/mol. The molecule has 1 aromatic carbocycles. The van der Waals surface area contributed by atoms with Crippen LogP contribution in [-0.2, 0) is 14.8 Å². The molecule has 0 radical (unpaired) electrons. The molecule has 0 spiro atoms. The molecule has 0 aliphatic carbocycles. The first kappa shape index (κ1) is 22.7. The highest BCUT2D eigenvalue weighted by Crippen LogP contribution is 2.24. The second-order valence-electron chi connectivity index (χ2n) is 7.63. The summed E-state index contributed by atoms with van der Waals surface area (Å²) < 4.78 is 32.8. The minimum Gasteiger partial charge on any atom is -0.489 e. The molecule has 2 amide bonds. The lowest BCUT2D eigenvalue weighted by Gasteiger charge is -2.30. The summed E-state index contributed by atoms with van der Waals surface area (Å²) in [5.74, 6) is -0.614. The van der Waals surface area contributed by atoms with Gasteiger partial charge in [0.25, 0.3) is 5.91 Å². The number of hydrogen-bond donors (Lipinski definition) is 2. The van der Waals surface area contributed by atoms with Gasteiger partial charge in [0.15, 0.2) is 0 Å². The van der Waals surface area contributed by atoms with E-state index in [0.29, 0.717) is 31.0 Å². The van der Waals surface area contributed by atoms with E-state index in [1.807, 2.05) is 13.8 Å². The van der Waals surface area contributed by atoms with Gasteiger partial charge < -0.3 is 15.8 Å². The van der Waals surface area contributed by atoms with E-state index in [2.05, 4.69) is 10.3 Å². The quantitative estimate of drug-likeness (QED) is 0.669. The number of pyridine rings is 1. The van der Waals surface area contributed by atoms with Gasteiger partial charge in [-0.1, -0.05) is 6.07 Å². The molecule has 166 valence electrons. The van der Waals surface area contributed by atoms with E-state index in [1.165, 1.54) is 34.8 Å². The van der Waals surface area contributed by atoms with Crippen LogP contribution in [0, 0.1) is 5.92 Å². The van der Waals surface area contributed by atoms with E-state index in [0.717, 1.165) is 0 Å². The highest BCUT2D eigenvalue weighted by molar-refractivity contribution is 7.89. The number of carbonyl (C=O) groups excluding carboxylic acids is 2. The Labute approximate surface area is 181 Å². The molecule has 10 heteroatoms. The lowest BCUT2D eigenvalue weighted by atomic mass is 9.99. The van der Waals surface area contributed by atoms with Gasteiger partial charge in [-0.25, -0.2) is 13.4 Å². The molecule has 2 heterocycles. The van der Waals surface area contributed by atoms with Crippen molar-refractivity contribution in [3.8, 4) is 5.75 Å². The fraction of sp³-hybridized carbons (Fsp3) is 0.381. The minimum absolute atomic E-state index is 0.00471. The average Bonchev–Trinajstić information content (AvgIpc) is 2.75. The Morgan fingerprint density at radius 2 is 2.03 bits per heavy atom. The van der Waals surface area contributed by atoms with Gasteiger partial charge in [0.05, 0.1) is 23.1 Å². The number of sulfonamides is 1. The van der Waals surface area contributed by atoms with Gasteiger partial charge in [-0.2, -0.15) is 4.31 Å². The molecule has 9 nitrogen and oxygen atoms in total. The molecular formula is C21H26N4O5S. The van der Waals surface area contributed by atoms with Gasteiger partial charge in [0, 0.05) is 18.7 Å². The maximum absolute atomic E-state index is 13.0. The molecule has 3 N–H and O–H groups in total. The molecule has 1 atom stereocenters. The lowest BCUT2D eigenvalue weighted by molar-refractivity contribution is -0.122. The van der Waals surface area contributed by atoms with Gasteiger partial charge in [0.1, 0.15) is 11.6 Å². The SMILES string of the molecule is CC(C)Oc1ccc(NC(=O)c2cccc(S(=O)(=O)N3CCC[C@@H](C(N)=O)C3)c2)nc1. The number of anilines is 1. The van der Waals surface area contributed by atoms with Crippen molar-refractivity contribution >= 4 is 27.7 Å². The fourth-order valence-corrected chi connectivity index (χ4v) is 4.89. The molecule has 0 saturated carbocycles. The van der Waals surface area contributed by atoms with E-state index in [1.54, 1.807) is 12.1 Å². The van der Waals surface area contributed by atoms with Crippen LogP contribution in [0.25, 0.3) is 0 Å².